The van der Waals surface area contributed by atoms with Crippen LogP contribution < -0.4 is 10.1 Å². The van der Waals surface area contributed by atoms with Gasteiger partial charge in [0.15, 0.2) is 17.3 Å². The predicted octanol–water partition coefficient (Wildman–Crippen LogP) is 3.18. The first-order valence-electron chi connectivity index (χ1n) is 8.12. The standard InChI is InChI=1S/C19H15N5O3/c1-26-16-6-3-2-5-14(16)17-11-15(23-27-17)19(25)22-13-7-8-18(20-12-13)24-10-4-9-21-24/h2-12H,1H3,(H,22,25). The number of hydrogen-bond acceptors (Lipinski definition) is 6. The second kappa shape index (κ2) is 7.12. The van der Waals surface area contributed by atoms with E-state index >= 15 is 0 Å². The lowest BCUT2D eigenvalue weighted by Crippen LogP contribution is -2.12. The Balaban J connectivity index is 1.50. The van der Waals surface area contributed by atoms with E-state index in [2.05, 4.69) is 20.6 Å². The van der Waals surface area contributed by atoms with Crippen LogP contribution in [0.25, 0.3) is 17.1 Å². The van der Waals surface area contributed by atoms with Crippen molar-refractivity contribution in [3.63, 3.8) is 0 Å². The lowest BCUT2D eigenvalue weighted by molar-refractivity contribution is 0.101. The fourth-order valence-corrected chi connectivity index (χ4v) is 2.55. The minimum Gasteiger partial charge on any atom is -0.496 e. The van der Waals surface area contributed by atoms with E-state index < -0.39 is 5.91 Å². The third-order valence-electron chi connectivity index (χ3n) is 3.86. The van der Waals surface area contributed by atoms with Crippen molar-refractivity contribution in [2.45, 2.75) is 0 Å². The minimum atomic E-state index is -0.395. The number of ether oxygens (including phenoxy) is 1. The third-order valence-corrected chi connectivity index (χ3v) is 3.86. The van der Waals surface area contributed by atoms with Crippen LogP contribution in [0.5, 0.6) is 5.75 Å². The summed E-state index contributed by atoms with van der Waals surface area (Å²) >= 11 is 0. The van der Waals surface area contributed by atoms with Crippen LogP contribution in [0.1, 0.15) is 10.5 Å². The molecule has 4 rings (SSSR count). The summed E-state index contributed by atoms with van der Waals surface area (Å²) in [6, 6.07) is 14.2. The molecule has 27 heavy (non-hydrogen) atoms. The second-order valence-corrected chi connectivity index (χ2v) is 5.59. The van der Waals surface area contributed by atoms with Crippen molar-refractivity contribution in [2.24, 2.45) is 0 Å². The summed E-state index contributed by atoms with van der Waals surface area (Å²) in [6.07, 6.45) is 5.01. The maximum atomic E-state index is 12.4. The van der Waals surface area contributed by atoms with Gasteiger partial charge in [-0.15, -0.1) is 0 Å². The lowest BCUT2D eigenvalue weighted by atomic mass is 10.1. The smallest absolute Gasteiger partial charge is 0.277 e. The third kappa shape index (κ3) is 3.40. The zero-order valence-electron chi connectivity index (χ0n) is 14.4. The highest BCUT2D eigenvalue weighted by Crippen LogP contribution is 2.30. The second-order valence-electron chi connectivity index (χ2n) is 5.59. The molecule has 0 atom stereocenters. The molecule has 0 aliphatic rings. The zero-order valence-corrected chi connectivity index (χ0v) is 14.4. The minimum absolute atomic E-state index is 0.159. The van der Waals surface area contributed by atoms with Crippen LogP contribution in [-0.4, -0.2) is 32.9 Å². The van der Waals surface area contributed by atoms with E-state index in [0.717, 1.165) is 5.56 Å². The van der Waals surface area contributed by atoms with E-state index in [1.165, 1.54) is 0 Å². The summed E-state index contributed by atoms with van der Waals surface area (Å²) in [7, 11) is 1.57. The molecule has 1 amide bonds. The molecule has 3 aromatic heterocycles. The number of nitrogens with zero attached hydrogens (tertiary/aromatic N) is 4. The summed E-state index contributed by atoms with van der Waals surface area (Å²) in [6.45, 7) is 0. The Hall–Kier alpha value is -3.94. The fraction of sp³-hybridized carbons (Fsp3) is 0.0526. The molecule has 0 radical (unpaired) electrons. The van der Waals surface area contributed by atoms with Gasteiger partial charge in [-0.3, -0.25) is 4.79 Å². The van der Waals surface area contributed by atoms with Gasteiger partial charge in [-0.2, -0.15) is 5.10 Å². The average molecular weight is 361 g/mol. The largest absolute Gasteiger partial charge is 0.496 e. The topological polar surface area (TPSA) is 95.1 Å². The number of methoxy groups -OCH3 is 1. The molecule has 0 aliphatic carbocycles. The molecule has 0 spiro atoms. The first-order valence-corrected chi connectivity index (χ1v) is 8.12. The maximum Gasteiger partial charge on any atom is 0.277 e. The molecule has 0 saturated heterocycles. The molecule has 8 heteroatoms. The summed E-state index contributed by atoms with van der Waals surface area (Å²) in [5.74, 6) is 1.34. The first kappa shape index (κ1) is 16.5. The van der Waals surface area contributed by atoms with E-state index in [-0.39, 0.29) is 5.69 Å². The number of carbonyl (C=O) groups excluding carboxylic acids is 1. The summed E-state index contributed by atoms with van der Waals surface area (Å²) in [5.41, 5.74) is 1.42. The van der Waals surface area contributed by atoms with Crippen molar-refractivity contribution in [1.82, 2.24) is 19.9 Å². The van der Waals surface area contributed by atoms with E-state index in [4.69, 9.17) is 9.26 Å². The number of pyridine rings is 1. The molecule has 134 valence electrons. The van der Waals surface area contributed by atoms with Crippen molar-refractivity contribution < 1.29 is 14.1 Å². The van der Waals surface area contributed by atoms with Gasteiger partial charge < -0.3 is 14.6 Å². The number of aromatic nitrogens is 4. The number of para-hydroxylation sites is 1. The Kier molecular flexibility index (Phi) is 4.36. The quantitative estimate of drug-likeness (QED) is 0.587. The molecule has 0 saturated carbocycles. The molecule has 4 aromatic rings. The summed E-state index contributed by atoms with van der Waals surface area (Å²) in [4.78, 5) is 16.7. The fourth-order valence-electron chi connectivity index (χ4n) is 2.55. The number of hydrogen-bond donors (Lipinski definition) is 1. The van der Waals surface area contributed by atoms with Gasteiger partial charge in [0.2, 0.25) is 0 Å². The van der Waals surface area contributed by atoms with Gasteiger partial charge in [-0.25, -0.2) is 9.67 Å². The van der Waals surface area contributed by atoms with Crippen molar-refractivity contribution in [2.75, 3.05) is 12.4 Å². The van der Waals surface area contributed by atoms with Gasteiger partial charge in [-0.05, 0) is 30.3 Å². The Morgan fingerprint density at radius 3 is 2.81 bits per heavy atom. The maximum absolute atomic E-state index is 12.4. The SMILES string of the molecule is COc1ccccc1-c1cc(C(=O)Nc2ccc(-n3cccn3)nc2)no1. The summed E-state index contributed by atoms with van der Waals surface area (Å²) in [5, 5.41) is 10.7. The van der Waals surface area contributed by atoms with Gasteiger partial charge >= 0.3 is 0 Å². The molecule has 3 heterocycles. The highest BCUT2D eigenvalue weighted by atomic mass is 16.5. The normalized spacial score (nSPS) is 10.6. The highest BCUT2D eigenvalue weighted by molar-refractivity contribution is 6.03. The molecule has 8 nitrogen and oxygen atoms in total. The molecule has 0 unspecified atom stereocenters. The zero-order chi connectivity index (χ0) is 18.6. The summed E-state index contributed by atoms with van der Waals surface area (Å²) < 4.78 is 12.2. The molecule has 0 aliphatic heterocycles. The van der Waals surface area contributed by atoms with Crippen LogP contribution in [0, 0.1) is 0 Å². The Morgan fingerprint density at radius 1 is 1.19 bits per heavy atom. The number of benzene rings is 1. The molecule has 0 fully saturated rings. The number of nitrogens with one attached hydrogen (secondary N) is 1. The van der Waals surface area contributed by atoms with Gasteiger partial charge in [0.05, 0.1) is 24.6 Å². The predicted molar refractivity (Wildman–Crippen MR) is 97.8 cm³/mol. The van der Waals surface area contributed by atoms with Crippen LogP contribution in [0.15, 0.2) is 71.6 Å². The van der Waals surface area contributed by atoms with E-state index in [1.54, 1.807) is 54.6 Å². The Bertz CT molecular complexity index is 1060. The Labute approximate surface area is 154 Å². The van der Waals surface area contributed by atoms with E-state index in [1.807, 2.05) is 24.3 Å². The van der Waals surface area contributed by atoms with Gasteiger partial charge in [0, 0.05) is 18.5 Å². The number of anilines is 1. The highest BCUT2D eigenvalue weighted by Gasteiger charge is 2.16. The Morgan fingerprint density at radius 2 is 2.07 bits per heavy atom. The van der Waals surface area contributed by atoms with Gasteiger partial charge in [0.25, 0.3) is 5.91 Å². The number of rotatable bonds is 5. The number of amides is 1. The van der Waals surface area contributed by atoms with E-state index in [9.17, 15) is 4.79 Å². The van der Waals surface area contributed by atoms with E-state index in [0.29, 0.717) is 23.0 Å². The van der Waals surface area contributed by atoms with Crippen LogP contribution in [0.4, 0.5) is 5.69 Å². The van der Waals surface area contributed by atoms with Gasteiger partial charge in [0.1, 0.15) is 5.75 Å². The van der Waals surface area contributed by atoms with Gasteiger partial charge in [-0.1, -0.05) is 17.3 Å². The average Bonchev–Trinajstić information content (AvgIpc) is 3.41. The van der Waals surface area contributed by atoms with Crippen LogP contribution >= 0.6 is 0 Å². The number of carbonyl (C=O) groups is 1. The lowest BCUT2D eigenvalue weighted by Gasteiger charge is -2.04. The molecule has 1 N–H and O–H groups in total. The monoisotopic (exact) mass is 361 g/mol. The van der Waals surface area contributed by atoms with Crippen molar-refractivity contribution >= 4 is 11.6 Å². The molecular formula is C19H15N5O3. The van der Waals surface area contributed by atoms with Crippen molar-refractivity contribution in [3.05, 3.63) is 72.8 Å². The van der Waals surface area contributed by atoms with Crippen LogP contribution in [0.2, 0.25) is 0 Å². The van der Waals surface area contributed by atoms with Crippen LogP contribution in [-0.2, 0) is 0 Å². The molecule has 0 bridgehead atoms. The van der Waals surface area contributed by atoms with Crippen molar-refractivity contribution in [1.29, 1.82) is 0 Å². The molecular weight excluding hydrogens is 346 g/mol. The van der Waals surface area contributed by atoms with Crippen molar-refractivity contribution in [3.8, 4) is 22.9 Å². The molecule has 1 aromatic carbocycles. The van der Waals surface area contributed by atoms with Crippen LogP contribution in [0.3, 0.4) is 0 Å². The first-order chi connectivity index (χ1) is 13.2.